The topological polar surface area (TPSA) is 48.0 Å². The second kappa shape index (κ2) is 9.99. The number of fused-ring (bicyclic) bond motifs is 1. The maximum Gasteiger partial charge on any atom is 0.254 e. The average Bonchev–Trinajstić information content (AvgIpc) is 2.86. The van der Waals surface area contributed by atoms with Crippen molar-refractivity contribution in [3.8, 4) is 17.2 Å². The number of nitrogens with zero attached hydrogens (tertiary/aromatic N) is 1. The van der Waals surface area contributed by atoms with Crippen molar-refractivity contribution in [1.29, 1.82) is 0 Å². The summed E-state index contributed by atoms with van der Waals surface area (Å²) in [7, 11) is 3.27. The third-order valence-corrected chi connectivity index (χ3v) is 6.38. The van der Waals surface area contributed by atoms with Crippen LogP contribution in [0.1, 0.15) is 45.6 Å². The first-order chi connectivity index (χ1) is 16.0. The minimum atomic E-state index is -0.244. The predicted molar refractivity (Wildman–Crippen MR) is 130 cm³/mol. The molecule has 0 fully saturated rings. The Labute approximate surface area is 195 Å². The van der Waals surface area contributed by atoms with Gasteiger partial charge in [0.1, 0.15) is 12.4 Å². The number of ether oxygens (including phenoxy) is 3. The Balaban J connectivity index is 1.70. The molecule has 5 heteroatoms. The molecule has 1 heterocycles. The molecule has 0 aromatic heterocycles. The van der Waals surface area contributed by atoms with Gasteiger partial charge in [0.15, 0.2) is 11.5 Å². The van der Waals surface area contributed by atoms with E-state index in [1.807, 2.05) is 60.4 Å². The Kier molecular flexibility index (Phi) is 6.87. The molecule has 1 aliphatic rings. The molecule has 0 saturated heterocycles. The Morgan fingerprint density at radius 2 is 1.70 bits per heavy atom. The number of methoxy groups -OCH3 is 2. The first-order valence-electron chi connectivity index (χ1n) is 11.4. The first kappa shape index (κ1) is 22.7. The van der Waals surface area contributed by atoms with Crippen molar-refractivity contribution in [2.45, 2.75) is 32.7 Å². The van der Waals surface area contributed by atoms with Gasteiger partial charge in [-0.15, -0.1) is 0 Å². The largest absolute Gasteiger partial charge is 0.493 e. The third-order valence-electron chi connectivity index (χ3n) is 6.38. The lowest BCUT2D eigenvalue weighted by Gasteiger charge is -2.38. The molecular formula is C28H31NO4. The van der Waals surface area contributed by atoms with Crippen molar-refractivity contribution < 1.29 is 19.0 Å². The second-order valence-corrected chi connectivity index (χ2v) is 8.29. The van der Waals surface area contributed by atoms with Gasteiger partial charge in [0.05, 0.1) is 20.3 Å². The van der Waals surface area contributed by atoms with E-state index in [0.29, 0.717) is 24.7 Å². The van der Waals surface area contributed by atoms with Crippen molar-refractivity contribution >= 4 is 5.91 Å². The summed E-state index contributed by atoms with van der Waals surface area (Å²) < 4.78 is 17.3. The maximum absolute atomic E-state index is 13.6. The molecule has 0 spiro atoms. The lowest BCUT2D eigenvalue weighted by molar-refractivity contribution is 0.0588. The van der Waals surface area contributed by atoms with Crippen LogP contribution >= 0.6 is 0 Å². The molecular weight excluding hydrogens is 414 g/mol. The van der Waals surface area contributed by atoms with Crippen LogP contribution in [0, 0.1) is 6.92 Å². The van der Waals surface area contributed by atoms with E-state index >= 15 is 0 Å². The van der Waals surface area contributed by atoms with Gasteiger partial charge in [-0.1, -0.05) is 37.3 Å². The van der Waals surface area contributed by atoms with Crippen LogP contribution in [0.4, 0.5) is 0 Å². The van der Waals surface area contributed by atoms with Gasteiger partial charge in [-0.3, -0.25) is 4.79 Å². The third kappa shape index (κ3) is 4.68. The molecule has 0 aliphatic carbocycles. The molecule has 1 aliphatic heterocycles. The quantitative estimate of drug-likeness (QED) is 0.489. The predicted octanol–water partition coefficient (Wildman–Crippen LogP) is 5.39. The number of benzene rings is 3. The lowest BCUT2D eigenvalue weighted by atomic mass is 9.91. The fourth-order valence-corrected chi connectivity index (χ4v) is 4.42. The van der Waals surface area contributed by atoms with E-state index in [2.05, 4.69) is 19.1 Å². The normalized spacial score (nSPS) is 15.0. The van der Waals surface area contributed by atoms with Crippen molar-refractivity contribution in [3.63, 3.8) is 0 Å². The zero-order valence-corrected chi connectivity index (χ0v) is 19.8. The van der Waals surface area contributed by atoms with E-state index < -0.39 is 0 Å². The molecule has 0 saturated carbocycles. The van der Waals surface area contributed by atoms with Gasteiger partial charge < -0.3 is 19.1 Å². The van der Waals surface area contributed by atoms with E-state index in [4.69, 9.17) is 14.2 Å². The summed E-state index contributed by atoms with van der Waals surface area (Å²) in [6.45, 7) is 5.06. The van der Waals surface area contributed by atoms with Crippen LogP contribution in [0.2, 0.25) is 0 Å². The zero-order valence-electron chi connectivity index (χ0n) is 19.8. The molecule has 1 atom stereocenters. The summed E-state index contributed by atoms with van der Waals surface area (Å²) in [5.41, 5.74) is 5.13. The van der Waals surface area contributed by atoms with Gasteiger partial charge in [-0.2, -0.15) is 0 Å². The molecule has 0 bridgehead atoms. The smallest absolute Gasteiger partial charge is 0.254 e. The van der Waals surface area contributed by atoms with E-state index in [0.717, 1.165) is 40.8 Å². The van der Waals surface area contributed by atoms with Crippen LogP contribution < -0.4 is 14.2 Å². The molecule has 0 N–H and O–H groups in total. The maximum atomic E-state index is 13.6. The zero-order chi connectivity index (χ0) is 23.4. The SMILES string of the molecule is CCc1ccc(OC[C@@H]2c3cc(OC)c(OC)cc3CCN2C(=O)c2ccccc2C)cc1. The van der Waals surface area contributed by atoms with Crippen LogP contribution in [0.3, 0.4) is 0 Å². The number of amides is 1. The van der Waals surface area contributed by atoms with Crippen molar-refractivity contribution in [2.24, 2.45) is 0 Å². The summed E-state index contributed by atoms with van der Waals surface area (Å²) in [5.74, 6) is 2.16. The highest BCUT2D eigenvalue weighted by Gasteiger charge is 2.33. The van der Waals surface area contributed by atoms with E-state index in [-0.39, 0.29) is 11.9 Å². The highest BCUT2D eigenvalue weighted by atomic mass is 16.5. The van der Waals surface area contributed by atoms with Gasteiger partial charge in [0.25, 0.3) is 5.91 Å². The van der Waals surface area contributed by atoms with Crippen LogP contribution in [-0.2, 0) is 12.8 Å². The minimum absolute atomic E-state index is 0.0171. The highest BCUT2D eigenvalue weighted by Crippen LogP contribution is 2.39. The molecule has 4 rings (SSSR count). The standard InChI is InChI=1S/C28H31NO4/c1-5-20-10-12-22(13-11-20)33-18-25-24-17-27(32-4)26(31-3)16-21(24)14-15-29(25)28(30)23-9-7-6-8-19(23)2/h6-13,16-17,25H,5,14-15,18H2,1-4H3/t25-/m1/s1. The fraction of sp³-hybridized carbons (Fsp3) is 0.321. The summed E-state index contributed by atoms with van der Waals surface area (Å²) >= 11 is 0. The van der Waals surface area contributed by atoms with E-state index in [1.165, 1.54) is 5.56 Å². The summed E-state index contributed by atoms with van der Waals surface area (Å²) in [4.78, 5) is 15.6. The molecule has 33 heavy (non-hydrogen) atoms. The molecule has 172 valence electrons. The van der Waals surface area contributed by atoms with Crippen LogP contribution in [0.5, 0.6) is 17.2 Å². The van der Waals surface area contributed by atoms with Crippen molar-refractivity contribution in [1.82, 2.24) is 4.90 Å². The fourth-order valence-electron chi connectivity index (χ4n) is 4.42. The highest BCUT2D eigenvalue weighted by molar-refractivity contribution is 5.96. The van der Waals surface area contributed by atoms with Crippen LogP contribution in [-0.4, -0.2) is 38.2 Å². The van der Waals surface area contributed by atoms with Crippen molar-refractivity contribution in [3.05, 3.63) is 88.5 Å². The monoisotopic (exact) mass is 445 g/mol. The van der Waals surface area contributed by atoms with Gasteiger partial charge in [-0.25, -0.2) is 0 Å². The number of hydrogen-bond acceptors (Lipinski definition) is 4. The lowest BCUT2D eigenvalue weighted by Crippen LogP contribution is -2.42. The molecule has 1 amide bonds. The molecule has 0 unspecified atom stereocenters. The van der Waals surface area contributed by atoms with Gasteiger partial charge in [-0.05, 0) is 72.4 Å². The molecule has 5 nitrogen and oxygen atoms in total. The Morgan fingerprint density at radius 1 is 1.00 bits per heavy atom. The second-order valence-electron chi connectivity index (χ2n) is 8.29. The molecule has 3 aromatic carbocycles. The Bertz CT molecular complexity index is 1120. The van der Waals surface area contributed by atoms with Crippen molar-refractivity contribution in [2.75, 3.05) is 27.4 Å². The first-order valence-corrected chi connectivity index (χ1v) is 11.4. The summed E-state index contributed by atoms with van der Waals surface area (Å²) in [6.07, 6.45) is 1.73. The van der Waals surface area contributed by atoms with E-state index in [9.17, 15) is 4.79 Å². The van der Waals surface area contributed by atoms with Crippen LogP contribution in [0.25, 0.3) is 0 Å². The number of rotatable bonds is 7. The number of carbonyl (C=O) groups excluding carboxylic acids is 1. The molecule has 0 radical (unpaired) electrons. The average molecular weight is 446 g/mol. The summed E-state index contributed by atoms with van der Waals surface area (Å²) in [6, 6.07) is 19.6. The molecule has 3 aromatic rings. The van der Waals surface area contributed by atoms with Gasteiger partial charge in [0, 0.05) is 12.1 Å². The Hall–Kier alpha value is -3.47. The summed E-state index contributed by atoms with van der Waals surface area (Å²) in [5, 5.41) is 0. The van der Waals surface area contributed by atoms with E-state index in [1.54, 1.807) is 14.2 Å². The van der Waals surface area contributed by atoms with Gasteiger partial charge in [0.2, 0.25) is 0 Å². The number of aryl methyl sites for hydroxylation is 2. The van der Waals surface area contributed by atoms with Crippen LogP contribution in [0.15, 0.2) is 60.7 Å². The van der Waals surface area contributed by atoms with Gasteiger partial charge >= 0.3 is 0 Å². The Morgan fingerprint density at radius 3 is 2.36 bits per heavy atom. The minimum Gasteiger partial charge on any atom is -0.493 e. The number of carbonyl (C=O) groups is 1. The number of hydrogen-bond donors (Lipinski definition) is 0.